The van der Waals surface area contributed by atoms with E-state index in [0.29, 0.717) is 16.7 Å². The molecule has 0 radical (unpaired) electrons. The van der Waals surface area contributed by atoms with Gasteiger partial charge in [0.1, 0.15) is 10.8 Å². The molecule has 7 nitrogen and oxygen atoms in total. The molecule has 0 atom stereocenters. The van der Waals surface area contributed by atoms with Gasteiger partial charge in [0.2, 0.25) is 11.0 Å². The molecule has 0 aliphatic rings. The van der Waals surface area contributed by atoms with E-state index in [-0.39, 0.29) is 36.9 Å². The number of amides is 2. The van der Waals surface area contributed by atoms with E-state index < -0.39 is 5.82 Å². The van der Waals surface area contributed by atoms with Gasteiger partial charge in [-0.2, -0.15) is 0 Å². The quantitative estimate of drug-likeness (QED) is 0.469. The molecule has 1 heterocycles. The van der Waals surface area contributed by atoms with Crippen LogP contribution in [-0.4, -0.2) is 53.7 Å². The molecule has 0 saturated carbocycles. The molecule has 0 bridgehead atoms. The molecule has 1 aromatic heterocycles. The highest BCUT2D eigenvalue weighted by Gasteiger charge is 2.18. The van der Waals surface area contributed by atoms with Crippen molar-refractivity contribution in [2.24, 2.45) is 0 Å². The van der Waals surface area contributed by atoms with Crippen LogP contribution in [0.3, 0.4) is 0 Å². The van der Waals surface area contributed by atoms with Gasteiger partial charge in [0.25, 0.3) is 5.91 Å². The third-order valence-electron chi connectivity index (χ3n) is 4.30. The molecular formula is C21H20BrFN4O3S. The van der Waals surface area contributed by atoms with E-state index in [1.165, 1.54) is 47.6 Å². The number of carbonyl (C=O) groups excluding carboxylic acids is 2. The number of halogens is 2. The summed E-state index contributed by atoms with van der Waals surface area (Å²) >= 11 is 4.65. The van der Waals surface area contributed by atoms with Gasteiger partial charge < -0.3 is 15.0 Å². The van der Waals surface area contributed by atoms with Gasteiger partial charge in [0, 0.05) is 42.2 Å². The minimum atomic E-state index is -0.492. The summed E-state index contributed by atoms with van der Waals surface area (Å²) in [6.45, 7) is 0.740. The van der Waals surface area contributed by atoms with E-state index in [1.54, 1.807) is 0 Å². The Balaban J connectivity index is 1.59. The van der Waals surface area contributed by atoms with Crippen molar-refractivity contribution in [1.29, 1.82) is 0 Å². The number of nitrogens with one attached hydrogen (secondary N) is 1. The van der Waals surface area contributed by atoms with Crippen molar-refractivity contribution in [1.82, 2.24) is 15.1 Å². The first-order valence-corrected chi connectivity index (χ1v) is 11.0. The van der Waals surface area contributed by atoms with Crippen LogP contribution in [0.25, 0.3) is 10.6 Å². The number of nitrogens with zero attached hydrogens (tertiary/aromatic N) is 3. The number of carbonyl (C=O) groups is 2. The normalized spacial score (nSPS) is 10.7. The zero-order valence-electron chi connectivity index (χ0n) is 16.7. The minimum absolute atomic E-state index is 0.0535. The van der Waals surface area contributed by atoms with Gasteiger partial charge in [-0.15, -0.1) is 10.2 Å². The number of aromatic nitrogens is 2. The first-order valence-electron chi connectivity index (χ1n) is 9.39. The highest BCUT2D eigenvalue weighted by Crippen LogP contribution is 2.27. The van der Waals surface area contributed by atoms with E-state index in [9.17, 15) is 14.0 Å². The Morgan fingerprint density at radius 1 is 1.16 bits per heavy atom. The van der Waals surface area contributed by atoms with Crippen molar-refractivity contribution < 1.29 is 18.7 Å². The summed E-state index contributed by atoms with van der Waals surface area (Å²) in [4.78, 5) is 26.6. The van der Waals surface area contributed by atoms with Crippen LogP contribution in [0.1, 0.15) is 16.8 Å². The number of anilines is 1. The molecular weight excluding hydrogens is 487 g/mol. The lowest BCUT2D eigenvalue weighted by Crippen LogP contribution is -2.36. The summed E-state index contributed by atoms with van der Waals surface area (Å²) in [5.41, 5.74) is 1.12. The lowest BCUT2D eigenvalue weighted by atomic mass is 10.2. The first-order chi connectivity index (χ1) is 15.0. The Hall–Kier alpha value is -2.69. The second-order valence-corrected chi connectivity index (χ2v) is 8.41. The number of hydrogen-bond donors (Lipinski definition) is 1. The molecule has 2 aromatic carbocycles. The van der Waals surface area contributed by atoms with Crippen molar-refractivity contribution in [3.05, 3.63) is 64.4 Å². The van der Waals surface area contributed by atoms with Crippen LogP contribution in [0.5, 0.6) is 0 Å². The van der Waals surface area contributed by atoms with Crippen LogP contribution < -0.4 is 5.32 Å². The van der Waals surface area contributed by atoms with Crippen molar-refractivity contribution in [3.63, 3.8) is 0 Å². The van der Waals surface area contributed by atoms with Crippen molar-refractivity contribution in [3.8, 4) is 10.6 Å². The summed E-state index contributed by atoms with van der Waals surface area (Å²) < 4.78 is 19.5. The molecule has 2 amide bonds. The molecule has 3 aromatic rings. The van der Waals surface area contributed by atoms with Gasteiger partial charge in [-0.1, -0.05) is 45.5 Å². The summed E-state index contributed by atoms with van der Waals surface area (Å²) in [5.74, 6) is -1.15. The molecule has 10 heteroatoms. The van der Waals surface area contributed by atoms with E-state index in [1.807, 2.05) is 24.3 Å². The molecule has 31 heavy (non-hydrogen) atoms. The van der Waals surface area contributed by atoms with Crippen molar-refractivity contribution in [2.75, 3.05) is 32.1 Å². The molecule has 0 aliphatic carbocycles. The highest BCUT2D eigenvalue weighted by molar-refractivity contribution is 9.10. The van der Waals surface area contributed by atoms with E-state index >= 15 is 0 Å². The molecule has 162 valence electrons. The Kier molecular flexibility index (Phi) is 8.21. The zero-order valence-corrected chi connectivity index (χ0v) is 19.1. The van der Waals surface area contributed by atoms with Crippen LogP contribution >= 0.6 is 27.3 Å². The number of hydrogen-bond acceptors (Lipinski definition) is 6. The molecule has 0 fully saturated rings. The minimum Gasteiger partial charge on any atom is -0.383 e. The second-order valence-electron chi connectivity index (χ2n) is 6.51. The maximum absolute atomic E-state index is 13.5. The topological polar surface area (TPSA) is 84.4 Å². The Morgan fingerprint density at radius 3 is 2.65 bits per heavy atom. The van der Waals surface area contributed by atoms with Crippen LogP contribution in [-0.2, 0) is 9.53 Å². The van der Waals surface area contributed by atoms with E-state index in [0.717, 1.165) is 10.0 Å². The first kappa shape index (κ1) is 23.0. The summed E-state index contributed by atoms with van der Waals surface area (Å²) in [5, 5.41) is 11.9. The molecule has 1 N–H and O–H groups in total. The van der Waals surface area contributed by atoms with Gasteiger partial charge in [0.15, 0.2) is 0 Å². The standard InChI is InChI=1S/C21H20BrFN4O3S/c1-30-12-11-27(20(29)15-3-2-4-17(23)13-15)10-9-18(28)24-21-26-25-19(31-21)14-5-7-16(22)8-6-14/h2-8,13H,9-12H2,1H3,(H,24,26,28). The average molecular weight is 507 g/mol. The molecule has 0 saturated heterocycles. The number of rotatable bonds is 9. The largest absolute Gasteiger partial charge is 0.383 e. The maximum atomic E-state index is 13.5. The monoisotopic (exact) mass is 506 g/mol. The predicted molar refractivity (Wildman–Crippen MR) is 120 cm³/mol. The number of methoxy groups -OCH3 is 1. The Bertz CT molecular complexity index is 1050. The fourth-order valence-corrected chi connectivity index (χ4v) is 3.75. The van der Waals surface area contributed by atoms with Gasteiger partial charge >= 0.3 is 0 Å². The lowest BCUT2D eigenvalue weighted by Gasteiger charge is -2.22. The lowest BCUT2D eigenvalue weighted by molar-refractivity contribution is -0.116. The smallest absolute Gasteiger partial charge is 0.254 e. The fourth-order valence-electron chi connectivity index (χ4n) is 2.72. The second kappa shape index (κ2) is 11.1. The molecule has 0 spiro atoms. The van der Waals surface area contributed by atoms with Crippen LogP contribution in [0, 0.1) is 5.82 Å². The number of ether oxygens (including phenoxy) is 1. The fraction of sp³-hybridized carbons (Fsp3) is 0.238. The third kappa shape index (κ3) is 6.65. The van der Waals surface area contributed by atoms with Crippen LogP contribution in [0.4, 0.5) is 9.52 Å². The Labute approximate surface area is 191 Å². The molecule has 0 unspecified atom stereocenters. The average Bonchev–Trinajstić information content (AvgIpc) is 3.22. The summed E-state index contributed by atoms with van der Waals surface area (Å²) in [6, 6.07) is 13.1. The van der Waals surface area contributed by atoms with Gasteiger partial charge in [0.05, 0.1) is 6.61 Å². The highest BCUT2D eigenvalue weighted by atomic mass is 79.9. The van der Waals surface area contributed by atoms with Crippen LogP contribution in [0.15, 0.2) is 53.0 Å². The van der Waals surface area contributed by atoms with Crippen molar-refractivity contribution >= 4 is 44.2 Å². The van der Waals surface area contributed by atoms with Crippen LogP contribution in [0.2, 0.25) is 0 Å². The predicted octanol–water partition coefficient (Wildman–Crippen LogP) is 4.22. The number of benzene rings is 2. The van der Waals surface area contributed by atoms with Gasteiger partial charge in [-0.3, -0.25) is 9.59 Å². The van der Waals surface area contributed by atoms with E-state index in [4.69, 9.17) is 4.74 Å². The van der Waals surface area contributed by atoms with Gasteiger partial charge in [-0.05, 0) is 30.3 Å². The third-order valence-corrected chi connectivity index (χ3v) is 5.71. The van der Waals surface area contributed by atoms with Gasteiger partial charge in [-0.25, -0.2) is 4.39 Å². The summed E-state index contributed by atoms with van der Waals surface area (Å²) in [6.07, 6.45) is 0.0535. The zero-order chi connectivity index (χ0) is 22.2. The molecule has 3 rings (SSSR count). The SMILES string of the molecule is COCCN(CCC(=O)Nc1nnc(-c2ccc(Br)cc2)s1)C(=O)c1cccc(F)c1. The van der Waals surface area contributed by atoms with Crippen molar-refractivity contribution in [2.45, 2.75) is 6.42 Å². The Morgan fingerprint density at radius 2 is 1.94 bits per heavy atom. The molecule has 0 aliphatic heterocycles. The van der Waals surface area contributed by atoms with E-state index in [2.05, 4.69) is 31.4 Å². The summed E-state index contributed by atoms with van der Waals surface area (Å²) in [7, 11) is 1.52. The maximum Gasteiger partial charge on any atom is 0.254 e.